The van der Waals surface area contributed by atoms with Crippen LogP contribution >= 0.6 is 0 Å². The van der Waals surface area contributed by atoms with Gasteiger partial charge in [0.1, 0.15) is 6.33 Å². The fourth-order valence-electron chi connectivity index (χ4n) is 2.83. The van der Waals surface area contributed by atoms with Crippen LogP contribution in [0.25, 0.3) is 5.78 Å². The molecule has 2 aromatic heterocycles. The first kappa shape index (κ1) is 21.3. The van der Waals surface area contributed by atoms with Gasteiger partial charge in [-0.05, 0) is 27.7 Å². The maximum absolute atomic E-state index is 12.2. The maximum Gasteiger partial charge on any atom is 0.310 e. The number of fused-ring (bicyclic) bond motifs is 1. The third kappa shape index (κ3) is 4.81. The van der Waals surface area contributed by atoms with Crippen molar-refractivity contribution in [1.82, 2.24) is 29.4 Å². The average molecular weight is 390 g/mol. The molecule has 2 aromatic rings. The van der Waals surface area contributed by atoms with Crippen LogP contribution in [0.4, 0.5) is 0 Å². The Hall–Kier alpha value is -3.04. The Balaban J connectivity index is 1.92. The number of nitrogens with zero attached hydrogens (tertiary/aromatic N) is 6. The van der Waals surface area contributed by atoms with Gasteiger partial charge in [0, 0.05) is 37.1 Å². The second-order valence-electron chi connectivity index (χ2n) is 6.39. The minimum Gasteiger partial charge on any atom is -0.455 e. The molecule has 2 amide bonds. The zero-order chi connectivity index (χ0) is 20.8. The van der Waals surface area contributed by atoms with Gasteiger partial charge in [0.15, 0.2) is 6.61 Å². The molecule has 0 spiro atoms. The van der Waals surface area contributed by atoms with Crippen LogP contribution in [0.1, 0.15) is 30.8 Å². The number of hydrogen-bond acceptors (Lipinski definition) is 7. The van der Waals surface area contributed by atoms with Crippen molar-refractivity contribution < 1.29 is 19.1 Å². The van der Waals surface area contributed by atoms with Gasteiger partial charge in [0.05, 0.1) is 13.0 Å². The van der Waals surface area contributed by atoms with Gasteiger partial charge in [-0.15, -0.1) is 0 Å². The molecular weight excluding hydrogens is 364 g/mol. The van der Waals surface area contributed by atoms with Gasteiger partial charge in [-0.3, -0.25) is 14.4 Å². The molecule has 0 aromatic carbocycles. The summed E-state index contributed by atoms with van der Waals surface area (Å²) >= 11 is 0. The first-order chi connectivity index (χ1) is 13.3. The summed E-state index contributed by atoms with van der Waals surface area (Å²) in [6.07, 6.45) is 1.36. The summed E-state index contributed by atoms with van der Waals surface area (Å²) in [5.41, 5.74) is 2.08. The van der Waals surface area contributed by atoms with Crippen molar-refractivity contribution in [1.29, 1.82) is 0 Å². The predicted octanol–water partition coefficient (Wildman–Crippen LogP) is 0.154. The van der Waals surface area contributed by atoms with Crippen molar-refractivity contribution in [3.63, 3.8) is 0 Å². The highest BCUT2D eigenvalue weighted by Crippen LogP contribution is 2.14. The van der Waals surface area contributed by atoms with Crippen molar-refractivity contribution >= 4 is 23.6 Å². The number of hydrogen-bond donors (Lipinski definition) is 0. The molecule has 10 nitrogen and oxygen atoms in total. The van der Waals surface area contributed by atoms with Crippen LogP contribution in [0.3, 0.4) is 0 Å². The van der Waals surface area contributed by atoms with E-state index in [1.807, 2.05) is 20.8 Å². The lowest BCUT2D eigenvalue weighted by Crippen LogP contribution is -2.42. The fourth-order valence-corrected chi connectivity index (χ4v) is 2.83. The monoisotopic (exact) mass is 390 g/mol. The van der Waals surface area contributed by atoms with Crippen LogP contribution in [-0.2, 0) is 25.5 Å². The largest absolute Gasteiger partial charge is 0.455 e. The van der Waals surface area contributed by atoms with E-state index in [1.54, 1.807) is 16.3 Å². The molecule has 0 saturated carbocycles. The Morgan fingerprint density at radius 3 is 2.46 bits per heavy atom. The molecule has 0 aliphatic heterocycles. The van der Waals surface area contributed by atoms with E-state index < -0.39 is 18.5 Å². The molecule has 0 fully saturated rings. The van der Waals surface area contributed by atoms with E-state index in [-0.39, 0.29) is 18.9 Å². The number of ether oxygens (including phenoxy) is 1. The van der Waals surface area contributed by atoms with E-state index in [1.165, 1.54) is 18.3 Å². The summed E-state index contributed by atoms with van der Waals surface area (Å²) < 4.78 is 6.65. The molecule has 152 valence electrons. The molecule has 28 heavy (non-hydrogen) atoms. The van der Waals surface area contributed by atoms with Crippen LogP contribution in [0.15, 0.2) is 6.33 Å². The molecular formula is C18H26N6O4. The summed E-state index contributed by atoms with van der Waals surface area (Å²) in [5.74, 6) is -0.677. The van der Waals surface area contributed by atoms with Crippen LogP contribution in [0, 0.1) is 13.8 Å². The predicted molar refractivity (Wildman–Crippen MR) is 100 cm³/mol. The first-order valence-electron chi connectivity index (χ1n) is 9.11. The van der Waals surface area contributed by atoms with Crippen LogP contribution < -0.4 is 0 Å². The maximum atomic E-state index is 12.2. The van der Waals surface area contributed by atoms with E-state index in [9.17, 15) is 14.4 Å². The lowest BCUT2D eigenvalue weighted by molar-refractivity contribution is -0.152. The minimum atomic E-state index is -0.552. The van der Waals surface area contributed by atoms with Crippen LogP contribution in [-0.4, -0.2) is 80.5 Å². The number of aryl methyl sites for hydroxylation is 2. The highest BCUT2D eigenvalue weighted by atomic mass is 16.5. The van der Waals surface area contributed by atoms with E-state index in [0.29, 0.717) is 30.1 Å². The van der Waals surface area contributed by atoms with Gasteiger partial charge >= 0.3 is 5.97 Å². The van der Waals surface area contributed by atoms with Gasteiger partial charge in [-0.1, -0.05) is 0 Å². The third-order valence-corrected chi connectivity index (χ3v) is 4.58. The third-order valence-electron chi connectivity index (χ3n) is 4.58. The Bertz CT molecular complexity index is 874. The summed E-state index contributed by atoms with van der Waals surface area (Å²) in [6.45, 7) is 8.03. The normalized spacial score (nSPS) is 10.8. The fraction of sp³-hybridized carbons (Fsp3) is 0.556. The van der Waals surface area contributed by atoms with Gasteiger partial charge in [0.25, 0.3) is 11.7 Å². The topological polar surface area (TPSA) is 110 Å². The highest BCUT2D eigenvalue weighted by molar-refractivity contribution is 5.86. The summed E-state index contributed by atoms with van der Waals surface area (Å²) in [6, 6.07) is 0. The molecule has 2 rings (SSSR count). The molecule has 0 radical (unpaired) electrons. The molecule has 0 N–H and O–H groups in total. The molecule has 0 unspecified atom stereocenters. The lowest BCUT2D eigenvalue weighted by Gasteiger charge is -2.23. The van der Waals surface area contributed by atoms with Crippen LogP contribution in [0.2, 0.25) is 0 Å². The van der Waals surface area contributed by atoms with Gasteiger partial charge < -0.3 is 14.5 Å². The average Bonchev–Trinajstić information content (AvgIpc) is 3.12. The molecule has 0 aliphatic rings. The van der Waals surface area contributed by atoms with Crippen molar-refractivity contribution in [3.8, 4) is 0 Å². The molecule has 0 atom stereocenters. The number of aromatic nitrogens is 4. The number of carbonyl (C=O) groups excluding carboxylic acids is 3. The standard InChI is InChI=1S/C18H26N6O4/c1-6-23(7-2)15(25)9-22(5)16(26)10-28-17(27)8-14-12(3)21-18-19-11-20-24(18)13(14)4/h11H,6-10H2,1-5H3. The van der Waals surface area contributed by atoms with Crippen molar-refractivity contribution in [2.24, 2.45) is 0 Å². The molecule has 2 heterocycles. The lowest BCUT2D eigenvalue weighted by atomic mass is 10.1. The van der Waals surface area contributed by atoms with Crippen LogP contribution in [0.5, 0.6) is 0 Å². The molecule has 0 saturated heterocycles. The van der Waals surface area contributed by atoms with Gasteiger partial charge in [-0.25, -0.2) is 9.50 Å². The van der Waals surface area contributed by atoms with E-state index in [4.69, 9.17) is 4.74 Å². The summed E-state index contributed by atoms with van der Waals surface area (Å²) in [5, 5.41) is 4.07. The minimum absolute atomic E-state index is 0.0319. The van der Waals surface area contributed by atoms with Crippen molar-refractivity contribution in [2.75, 3.05) is 33.3 Å². The van der Waals surface area contributed by atoms with E-state index >= 15 is 0 Å². The zero-order valence-corrected chi connectivity index (χ0v) is 16.9. The van der Waals surface area contributed by atoms with Gasteiger partial charge in [-0.2, -0.15) is 10.1 Å². The van der Waals surface area contributed by atoms with Gasteiger partial charge in [0.2, 0.25) is 5.91 Å². The number of rotatable bonds is 8. The number of carbonyl (C=O) groups is 3. The second kappa shape index (κ2) is 9.25. The number of amides is 2. The summed E-state index contributed by atoms with van der Waals surface area (Å²) in [4.78, 5) is 47.6. The highest BCUT2D eigenvalue weighted by Gasteiger charge is 2.19. The molecule has 0 bridgehead atoms. The zero-order valence-electron chi connectivity index (χ0n) is 16.9. The SMILES string of the molecule is CCN(CC)C(=O)CN(C)C(=O)COC(=O)Cc1c(C)nc2ncnn2c1C. The van der Waals surface area contributed by atoms with E-state index in [2.05, 4.69) is 15.1 Å². The number of esters is 1. The number of likely N-dealkylation sites (N-methyl/N-ethyl adjacent to an activating group) is 2. The Labute approximate surface area is 163 Å². The summed E-state index contributed by atoms with van der Waals surface area (Å²) in [7, 11) is 1.51. The van der Waals surface area contributed by atoms with E-state index in [0.717, 1.165) is 5.69 Å². The Morgan fingerprint density at radius 1 is 1.14 bits per heavy atom. The molecule has 0 aliphatic carbocycles. The van der Waals surface area contributed by atoms with Crippen molar-refractivity contribution in [2.45, 2.75) is 34.1 Å². The smallest absolute Gasteiger partial charge is 0.310 e. The van der Waals surface area contributed by atoms with Crippen molar-refractivity contribution in [3.05, 3.63) is 23.3 Å². The molecule has 10 heteroatoms. The quantitative estimate of drug-likeness (QED) is 0.590. The second-order valence-corrected chi connectivity index (χ2v) is 6.39. The Morgan fingerprint density at radius 2 is 1.82 bits per heavy atom. The Kier molecular flexibility index (Phi) is 7.02. The first-order valence-corrected chi connectivity index (χ1v) is 9.11.